The van der Waals surface area contributed by atoms with Crippen LogP contribution < -0.4 is 5.73 Å². The summed E-state index contributed by atoms with van der Waals surface area (Å²) in [6.45, 7) is 2.21. The van der Waals surface area contributed by atoms with Gasteiger partial charge >= 0.3 is 0 Å². The van der Waals surface area contributed by atoms with Crippen LogP contribution in [0.3, 0.4) is 0 Å². The number of carbonyl (C=O) groups is 2. The van der Waals surface area contributed by atoms with Gasteiger partial charge in [0.2, 0.25) is 5.91 Å². The number of carbonyl (C=O) groups excluding carboxylic acids is 2. The lowest BCUT2D eigenvalue weighted by Crippen LogP contribution is -2.38. The topological polar surface area (TPSA) is 79.2 Å². The third-order valence-electron chi connectivity index (χ3n) is 2.82. The Morgan fingerprint density at radius 3 is 2.78 bits per heavy atom. The van der Waals surface area contributed by atoms with Crippen molar-refractivity contribution in [2.24, 2.45) is 5.73 Å². The minimum atomic E-state index is -0.508. The van der Waals surface area contributed by atoms with Crippen molar-refractivity contribution in [3.63, 3.8) is 0 Å². The molecular formula is C13H15N3O2. The van der Waals surface area contributed by atoms with Crippen LogP contribution in [0.1, 0.15) is 17.3 Å². The van der Waals surface area contributed by atoms with Crippen molar-refractivity contribution in [2.45, 2.75) is 6.92 Å². The molecule has 94 valence electrons. The van der Waals surface area contributed by atoms with E-state index in [0.717, 1.165) is 10.9 Å². The Balaban J connectivity index is 2.28. The number of primary amides is 1. The second kappa shape index (κ2) is 4.91. The van der Waals surface area contributed by atoms with Crippen LogP contribution in [0.15, 0.2) is 30.5 Å². The highest BCUT2D eigenvalue weighted by atomic mass is 16.2. The highest BCUT2D eigenvalue weighted by molar-refractivity contribution is 5.99. The van der Waals surface area contributed by atoms with Crippen molar-refractivity contribution < 1.29 is 9.59 Å². The van der Waals surface area contributed by atoms with E-state index < -0.39 is 5.91 Å². The Hall–Kier alpha value is -2.30. The normalized spacial score (nSPS) is 10.5. The summed E-state index contributed by atoms with van der Waals surface area (Å²) in [6.07, 6.45) is 1.82. The Morgan fingerprint density at radius 2 is 2.11 bits per heavy atom. The molecule has 0 fully saturated rings. The fraction of sp³-hybridized carbons (Fsp3) is 0.231. The van der Waals surface area contributed by atoms with E-state index in [0.29, 0.717) is 12.1 Å². The third kappa shape index (κ3) is 2.34. The Morgan fingerprint density at radius 1 is 1.33 bits per heavy atom. The van der Waals surface area contributed by atoms with Crippen LogP contribution in [0.2, 0.25) is 0 Å². The maximum absolute atomic E-state index is 12.2. The van der Waals surface area contributed by atoms with E-state index in [4.69, 9.17) is 5.73 Å². The van der Waals surface area contributed by atoms with E-state index in [2.05, 4.69) is 4.98 Å². The molecule has 5 nitrogen and oxygen atoms in total. The SMILES string of the molecule is CCN(CC(N)=O)C(=O)c1ccc2cc[nH]c2c1. The maximum atomic E-state index is 12.2. The molecule has 0 atom stereocenters. The van der Waals surface area contributed by atoms with E-state index in [1.165, 1.54) is 4.90 Å². The number of rotatable bonds is 4. The number of H-pyrrole nitrogens is 1. The van der Waals surface area contributed by atoms with Gasteiger partial charge in [-0.25, -0.2) is 0 Å². The molecule has 5 heteroatoms. The fourth-order valence-electron chi connectivity index (χ4n) is 1.88. The molecule has 2 aromatic rings. The summed E-state index contributed by atoms with van der Waals surface area (Å²) >= 11 is 0. The molecule has 2 rings (SSSR count). The molecule has 1 aromatic heterocycles. The van der Waals surface area contributed by atoms with Crippen molar-refractivity contribution in [3.8, 4) is 0 Å². The lowest BCUT2D eigenvalue weighted by molar-refractivity contribution is -0.118. The number of aromatic nitrogens is 1. The molecule has 0 aliphatic rings. The number of nitrogens with two attached hydrogens (primary N) is 1. The van der Waals surface area contributed by atoms with Crippen molar-refractivity contribution in [1.29, 1.82) is 0 Å². The molecule has 0 saturated heterocycles. The molecular weight excluding hydrogens is 230 g/mol. The van der Waals surface area contributed by atoms with Crippen molar-refractivity contribution in [2.75, 3.05) is 13.1 Å². The van der Waals surface area contributed by atoms with Gasteiger partial charge in [0.1, 0.15) is 0 Å². The van der Waals surface area contributed by atoms with Gasteiger partial charge in [0.15, 0.2) is 0 Å². The van der Waals surface area contributed by atoms with Crippen molar-refractivity contribution in [1.82, 2.24) is 9.88 Å². The van der Waals surface area contributed by atoms with Gasteiger partial charge in [0.05, 0.1) is 6.54 Å². The lowest BCUT2D eigenvalue weighted by Gasteiger charge is -2.19. The zero-order valence-electron chi connectivity index (χ0n) is 10.1. The van der Waals surface area contributed by atoms with Gasteiger partial charge in [-0.3, -0.25) is 9.59 Å². The number of hydrogen-bond donors (Lipinski definition) is 2. The van der Waals surface area contributed by atoms with E-state index in [9.17, 15) is 9.59 Å². The molecule has 0 radical (unpaired) electrons. The number of fused-ring (bicyclic) bond motifs is 1. The predicted molar refractivity (Wildman–Crippen MR) is 69.1 cm³/mol. The number of likely N-dealkylation sites (N-methyl/N-ethyl adjacent to an activating group) is 1. The average Bonchev–Trinajstić information content (AvgIpc) is 2.81. The van der Waals surface area contributed by atoms with E-state index in [-0.39, 0.29) is 12.5 Å². The predicted octanol–water partition coefficient (Wildman–Crippen LogP) is 1.12. The molecule has 0 aliphatic carbocycles. The maximum Gasteiger partial charge on any atom is 0.254 e. The van der Waals surface area contributed by atoms with Crippen LogP contribution in [0.25, 0.3) is 10.9 Å². The largest absolute Gasteiger partial charge is 0.368 e. The molecule has 0 bridgehead atoms. The van der Waals surface area contributed by atoms with Crippen LogP contribution in [0.5, 0.6) is 0 Å². The number of nitrogens with one attached hydrogen (secondary N) is 1. The second-order valence-corrected chi connectivity index (χ2v) is 4.07. The van der Waals surface area contributed by atoms with Crippen LogP contribution in [-0.2, 0) is 4.79 Å². The van der Waals surface area contributed by atoms with Crippen molar-refractivity contribution in [3.05, 3.63) is 36.0 Å². The molecule has 0 spiro atoms. The summed E-state index contributed by atoms with van der Waals surface area (Å²) in [7, 11) is 0. The van der Waals surface area contributed by atoms with Crippen LogP contribution in [-0.4, -0.2) is 34.8 Å². The molecule has 0 saturated carbocycles. The number of hydrogen-bond acceptors (Lipinski definition) is 2. The third-order valence-corrected chi connectivity index (χ3v) is 2.82. The smallest absolute Gasteiger partial charge is 0.254 e. The summed E-state index contributed by atoms with van der Waals surface area (Å²) in [5.41, 5.74) is 6.57. The van der Waals surface area contributed by atoms with Crippen LogP contribution in [0.4, 0.5) is 0 Å². The lowest BCUT2D eigenvalue weighted by atomic mass is 10.1. The number of amides is 2. The summed E-state index contributed by atoms with van der Waals surface area (Å²) in [4.78, 5) is 27.6. The first-order valence-electron chi connectivity index (χ1n) is 5.76. The van der Waals surface area contributed by atoms with Crippen molar-refractivity contribution >= 4 is 22.7 Å². The summed E-state index contributed by atoms with van der Waals surface area (Å²) in [5.74, 6) is -0.695. The standard InChI is InChI=1S/C13H15N3O2/c1-2-16(8-12(14)17)13(18)10-4-3-9-5-6-15-11(9)7-10/h3-7,15H,2,8H2,1H3,(H2,14,17). The number of benzene rings is 1. The van der Waals surface area contributed by atoms with Gasteiger partial charge < -0.3 is 15.6 Å². The fourth-order valence-corrected chi connectivity index (χ4v) is 1.88. The molecule has 0 unspecified atom stereocenters. The monoisotopic (exact) mass is 245 g/mol. The zero-order valence-corrected chi connectivity index (χ0v) is 10.1. The van der Waals surface area contributed by atoms with Crippen LogP contribution in [0, 0.1) is 0 Å². The van der Waals surface area contributed by atoms with Gasteiger partial charge in [0, 0.05) is 23.8 Å². The average molecular weight is 245 g/mol. The summed E-state index contributed by atoms with van der Waals surface area (Å²) in [5, 5.41) is 1.05. The Labute approximate surface area is 105 Å². The summed E-state index contributed by atoms with van der Waals surface area (Å²) < 4.78 is 0. The van der Waals surface area contributed by atoms with E-state index in [1.54, 1.807) is 12.1 Å². The minimum absolute atomic E-state index is 0.0574. The van der Waals surface area contributed by atoms with Gasteiger partial charge in [0.25, 0.3) is 5.91 Å². The second-order valence-electron chi connectivity index (χ2n) is 4.07. The Bertz CT molecular complexity index is 589. The molecule has 1 heterocycles. The highest BCUT2D eigenvalue weighted by Gasteiger charge is 2.16. The molecule has 18 heavy (non-hydrogen) atoms. The van der Waals surface area contributed by atoms with E-state index in [1.807, 2.05) is 25.3 Å². The zero-order chi connectivity index (χ0) is 13.1. The van der Waals surface area contributed by atoms with Crippen LogP contribution >= 0.6 is 0 Å². The molecule has 1 aromatic carbocycles. The first kappa shape index (κ1) is 12.2. The molecule has 3 N–H and O–H groups in total. The molecule has 2 amide bonds. The minimum Gasteiger partial charge on any atom is -0.368 e. The first-order chi connectivity index (χ1) is 8.61. The molecule has 0 aliphatic heterocycles. The Kier molecular flexibility index (Phi) is 3.32. The van der Waals surface area contributed by atoms with Gasteiger partial charge in [-0.1, -0.05) is 6.07 Å². The number of nitrogens with zero attached hydrogens (tertiary/aromatic N) is 1. The summed E-state index contributed by atoms with van der Waals surface area (Å²) in [6, 6.07) is 7.34. The number of aromatic amines is 1. The highest BCUT2D eigenvalue weighted by Crippen LogP contribution is 2.15. The van der Waals surface area contributed by atoms with Gasteiger partial charge in [-0.2, -0.15) is 0 Å². The van der Waals surface area contributed by atoms with Gasteiger partial charge in [-0.15, -0.1) is 0 Å². The first-order valence-corrected chi connectivity index (χ1v) is 5.76. The van der Waals surface area contributed by atoms with Gasteiger partial charge in [-0.05, 0) is 30.5 Å². The van der Waals surface area contributed by atoms with E-state index >= 15 is 0 Å². The quantitative estimate of drug-likeness (QED) is 0.846.